The third kappa shape index (κ3) is 15.4. The molecule has 1 unspecified atom stereocenters. The molecule has 0 spiro atoms. The van der Waals surface area contributed by atoms with E-state index < -0.39 is 139 Å². The number of allylic oxidation sites excluding steroid dienone is 1. The number of fused-ring (bicyclic) bond motifs is 15. The van der Waals surface area contributed by atoms with Crippen LogP contribution in [0.5, 0.6) is 5.75 Å². The van der Waals surface area contributed by atoms with Gasteiger partial charge in [0.1, 0.15) is 126 Å². The number of carbonyl (C=O) groups is 8. The van der Waals surface area contributed by atoms with Gasteiger partial charge >= 0.3 is 11.9 Å². The molecule has 6 amide bonds. The summed E-state index contributed by atoms with van der Waals surface area (Å²) in [4.78, 5) is 155. The SMILES string of the molecule is C=C(NC(=O)c1csc(-c2nc3c(cc2O)-c2nc(cs2)C(=O)N[C@@H]([C@@H](C)O)C(=O)N/C(=C(\C)OC)c2nc(cs2)C(=O)N[C@@H]2c4nc(cs4)C(=O)N[C@@H](COC(=O)c4c5c6c(cccc6n4OCCN4CCOCC4)COC(=O)[C@@H](OC4C[C@](C)(O)[C@H](N(C)C)[C@H](C)O4)[C@H]2OC5)c2nc-3cs2)n1)C(N)=O. The molecule has 2 fully saturated rings. The number of nitrogens with one attached hydrogen (secondary N) is 5. The second kappa shape index (κ2) is 31.1. The molecule has 1 aromatic carbocycles. The lowest BCUT2D eigenvalue weighted by Gasteiger charge is -2.48. The molecule has 558 valence electrons. The number of likely N-dealkylation sites (N-methyl/N-ethyl adjacent to an activating group) is 1. The highest BCUT2D eigenvalue weighted by Crippen LogP contribution is 2.43. The molecule has 34 nitrogen and oxygen atoms in total. The molecule has 0 saturated carbocycles. The van der Waals surface area contributed by atoms with E-state index in [2.05, 4.69) is 53.0 Å². The Labute approximate surface area is 622 Å². The van der Waals surface area contributed by atoms with E-state index in [1.165, 1.54) is 53.3 Å². The van der Waals surface area contributed by atoms with Crippen molar-refractivity contribution in [3.8, 4) is 38.4 Å². The van der Waals surface area contributed by atoms with E-state index in [1.807, 2.05) is 0 Å². The number of cyclic esters (lactones) is 2. The number of rotatable bonds is 13. The Bertz CT molecular complexity index is 4820. The van der Waals surface area contributed by atoms with Crippen molar-refractivity contribution in [3.63, 3.8) is 0 Å². The number of aliphatic hydroxyl groups excluding tert-OH is 1. The molecule has 2 saturated heterocycles. The minimum atomic E-state index is -1.90. The van der Waals surface area contributed by atoms with Gasteiger partial charge in [0, 0.05) is 69.5 Å². The zero-order chi connectivity index (χ0) is 75.2. The number of nitrogens with two attached hydrogens (primary N) is 1. The normalized spacial score (nSPS) is 24.1. The summed E-state index contributed by atoms with van der Waals surface area (Å²) in [5.41, 5.74) is 2.97. The van der Waals surface area contributed by atoms with Crippen LogP contribution >= 0.6 is 56.7 Å². The number of hydrogen-bond donors (Lipinski definition) is 9. The zero-order valence-corrected chi connectivity index (χ0v) is 61.8. The lowest BCUT2D eigenvalue weighted by Crippen LogP contribution is -2.62. The monoisotopic (exact) mass is 1550 g/mol. The highest BCUT2D eigenvalue weighted by atomic mass is 32.1. The molecule has 13 rings (SSSR count). The molecule has 39 heteroatoms. The molecule has 10 N–H and O–H groups in total. The highest BCUT2D eigenvalue weighted by Gasteiger charge is 2.50. The number of nitrogens with zero attached hydrogens (tertiary/aromatic N) is 9. The molecule has 8 aromatic rings. The van der Waals surface area contributed by atoms with Gasteiger partial charge in [-0.2, -0.15) is 4.73 Å². The number of pyridine rings is 1. The molecule has 12 heterocycles. The van der Waals surface area contributed by atoms with Crippen molar-refractivity contribution >= 4 is 121 Å². The number of aliphatic hydroxyl groups is 2. The Morgan fingerprint density at radius 1 is 0.858 bits per heavy atom. The molecular formula is C67H71N15O19S5. The van der Waals surface area contributed by atoms with Gasteiger partial charge in [0.15, 0.2) is 18.1 Å². The van der Waals surface area contributed by atoms with E-state index in [9.17, 15) is 34.5 Å². The van der Waals surface area contributed by atoms with E-state index in [0.717, 1.165) is 56.7 Å². The van der Waals surface area contributed by atoms with Crippen LogP contribution in [0.2, 0.25) is 0 Å². The number of thiazole rings is 5. The van der Waals surface area contributed by atoms with E-state index in [0.29, 0.717) is 49.3 Å². The average molecular weight is 1550 g/mol. The maximum absolute atomic E-state index is 15.7. The Hall–Kier alpha value is -9.62. The Morgan fingerprint density at radius 3 is 2.26 bits per heavy atom. The van der Waals surface area contributed by atoms with Crippen LogP contribution in [-0.4, -0.2) is 223 Å². The van der Waals surface area contributed by atoms with Gasteiger partial charge in [-0.3, -0.25) is 33.7 Å². The smallest absolute Gasteiger partial charge is 0.358 e. The maximum Gasteiger partial charge on any atom is 0.358 e. The van der Waals surface area contributed by atoms with Crippen LogP contribution in [0.4, 0.5) is 0 Å². The summed E-state index contributed by atoms with van der Waals surface area (Å²) < 4.78 is 45.5. The van der Waals surface area contributed by atoms with Crippen molar-refractivity contribution < 1.29 is 91.7 Å². The number of primary amides is 1. The second-order valence-electron chi connectivity index (χ2n) is 25.6. The Kier molecular flexibility index (Phi) is 21.9. The average Bonchev–Trinajstić information content (AvgIpc) is 1.64. The number of esters is 2. The quantitative estimate of drug-likeness (QED) is 0.0453. The van der Waals surface area contributed by atoms with Gasteiger partial charge < -0.3 is 90.5 Å². The summed E-state index contributed by atoms with van der Waals surface area (Å²) in [5.74, 6) is -8.00. The third-order valence-electron chi connectivity index (χ3n) is 18.0. The van der Waals surface area contributed by atoms with E-state index in [4.69, 9.17) is 58.7 Å². The maximum atomic E-state index is 15.7. The number of carbonyl (C=O) groups excluding carboxylic acids is 8. The summed E-state index contributed by atoms with van der Waals surface area (Å²) in [5, 5.41) is 56.1. The number of aromatic nitrogens is 7. The van der Waals surface area contributed by atoms with Crippen LogP contribution in [0.1, 0.15) is 125 Å². The van der Waals surface area contributed by atoms with Crippen LogP contribution in [0, 0.1) is 0 Å². The summed E-state index contributed by atoms with van der Waals surface area (Å²) in [7, 11) is 4.88. The Balaban J connectivity index is 1.00. The van der Waals surface area contributed by atoms with Crippen LogP contribution in [0.15, 0.2) is 69.2 Å². The van der Waals surface area contributed by atoms with E-state index in [1.54, 1.807) is 56.4 Å². The summed E-state index contributed by atoms with van der Waals surface area (Å²) >= 11 is 4.57. The highest BCUT2D eigenvalue weighted by molar-refractivity contribution is 7.14. The summed E-state index contributed by atoms with van der Waals surface area (Å²) in [6.45, 7) is 10.5. The minimum absolute atomic E-state index is 0.00225. The van der Waals surface area contributed by atoms with Gasteiger partial charge in [-0.1, -0.05) is 18.7 Å². The largest absolute Gasteiger partial charge is 0.506 e. The fourth-order valence-corrected chi connectivity index (χ4v) is 17.1. The Morgan fingerprint density at radius 2 is 1.54 bits per heavy atom. The van der Waals surface area contributed by atoms with Crippen LogP contribution in [0.25, 0.3) is 49.3 Å². The minimum Gasteiger partial charge on any atom is -0.506 e. The molecule has 0 aliphatic carbocycles. The summed E-state index contributed by atoms with van der Waals surface area (Å²) in [6, 6.07) is 1.12. The third-order valence-corrected chi connectivity index (χ3v) is 22.5. The van der Waals surface area contributed by atoms with E-state index in [-0.39, 0.29) is 106 Å². The molecule has 106 heavy (non-hydrogen) atoms. The van der Waals surface area contributed by atoms with E-state index >= 15 is 19.2 Å². The van der Waals surface area contributed by atoms with Crippen molar-refractivity contribution in [2.45, 2.75) is 108 Å². The number of methoxy groups -OCH3 is 1. The first-order valence-electron chi connectivity index (χ1n) is 33.0. The first-order valence-corrected chi connectivity index (χ1v) is 37.4. The van der Waals surface area contributed by atoms with Crippen LogP contribution in [-0.2, 0) is 60.8 Å². The second-order valence-corrected chi connectivity index (χ2v) is 30.0. The number of aromatic hydroxyl groups is 1. The van der Waals surface area contributed by atoms with Crippen molar-refractivity contribution in [1.29, 1.82) is 0 Å². The number of amides is 6. The standard InChI is InChI=1S/C67H71N15O19S5/c1-28(54(68)85)69-55(86)37-25-105-63(74-37)48-42(84)18-33-47(76-48)36-23-103-61(71-36)35-22-98-65(91)50-34-21-96-51(52(101-43-19-67(5,93)53(80(6)7)31(4)100-43)66(92)97-20-32-10-9-11-41(44(32)34)82(50)99-17-14-81-12-15-95-16-13-81)49(64-75-38(26-106-64)56(87)70-35)79-58(89)40-27-104-62(73-40)46(30(3)94-8)78-59(90)45(29(2)83)77-57(88)39-24-102-60(33)72-39/h9-11,18,23-27,29,31,35,43,45,49,51-53,83-84,93H,1,12-17,19-22H2,2-8H3,(H2,68,85)(H,69,86)(H,70,87)(H,77,88)(H,78,90)(H,79,89)/b46-30+/t29-,31+,35+,43?,45+,49+,51+,52+,53-,67+/m1/s1. The molecule has 5 aliphatic rings. The van der Waals surface area contributed by atoms with Gasteiger partial charge in [-0.05, 0) is 59.5 Å². The number of ether oxygens (including phenoxy) is 7. The fourth-order valence-electron chi connectivity index (χ4n) is 12.9. The molecule has 5 aliphatic heterocycles. The predicted molar refractivity (Wildman–Crippen MR) is 382 cm³/mol. The first-order chi connectivity index (χ1) is 50.7. The first kappa shape index (κ1) is 74.6. The van der Waals surface area contributed by atoms with Crippen molar-refractivity contribution in [2.24, 2.45) is 5.73 Å². The lowest BCUT2D eigenvalue weighted by atomic mass is 9.85. The summed E-state index contributed by atoms with van der Waals surface area (Å²) in [6.07, 6.45) is -7.50. The zero-order valence-electron chi connectivity index (χ0n) is 57.7. The van der Waals surface area contributed by atoms with Gasteiger partial charge in [-0.25, -0.2) is 39.5 Å². The molecule has 0 radical (unpaired) electrons. The van der Waals surface area contributed by atoms with Crippen molar-refractivity contribution in [3.05, 3.63) is 124 Å². The van der Waals surface area contributed by atoms with Gasteiger partial charge in [-0.15, -0.1) is 56.7 Å². The predicted octanol–water partition coefficient (Wildman–Crippen LogP) is 3.42. The van der Waals surface area contributed by atoms with Gasteiger partial charge in [0.2, 0.25) is 5.91 Å². The van der Waals surface area contributed by atoms with Gasteiger partial charge in [0.25, 0.3) is 29.5 Å². The van der Waals surface area contributed by atoms with Crippen LogP contribution in [0.3, 0.4) is 0 Å². The molecular weight excluding hydrogens is 1480 g/mol. The van der Waals surface area contributed by atoms with Crippen LogP contribution < -0.4 is 37.2 Å². The fraction of sp³-hybridized carbons (Fsp3) is 0.403. The lowest BCUT2D eigenvalue weighted by molar-refractivity contribution is -0.280. The van der Waals surface area contributed by atoms with Gasteiger partial charge in [0.05, 0.1) is 62.0 Å². The molecule has 7 aromatic heterocycles. The topological polar surface area (TPSA) is 446 Å². The molecule has 10 atom stereocenters. The number of morpholine rings is 1. The van der Waals surface area contributed by atoms with Crippen molar-refractivity contribution in [2.75, 3.05) is 67.3 Å². The van der Waals surface area contributed by atoms with Crippen molar-refractivity contribution in [1.82, 2.24) is 71.0 Å². The molecule has 12 bridgehead atoms. The number of hydrogen-bond acceptors (Lipinski definition) is 32. The number of benzene rings is 1.